The van der Waals surface area contributed by atoms with Gasteiger partial charge in [0.25, 0.3) is 0 Å². The largest absolute Gasteiger partial charge is 0.309 e. The van der Waals surface area contributed by atoms with E-state index in [2.05, 4.69) is 5.32 Å². The second-order valence-corrected chi connectivity index (χ2v) is 6.88. The van der Waals surface area contributed by atoms with Gasteiger partial charge in [0, 0.05) is 11.8 Å². The summed E-state index contributed by atoms with van der Waals surface area (Å²) in [6.07, 6.45) is 1.80. The van der Waals surface area contributed by atoms with Crippen LogP contribution in [0.1, 0.15) is 30.5 Å². The first-order chi connectivity index (χ1) is 8.76. The highest BCUT2D eigenvalue weighted by Crippen LogP contribution is 2.24. The Labute approximate surface area is 112 Å². The Hall–Kier alpha value is -1.01. The van der Waals surface area contributed by atoms with E-state index < -0.39 is 27.5 Å². The number of hydrogen-bond donors (Lipinski definition) is 1. The van der Waals surface area contributed by atoms with Gasteiger partial charge in [-0.25, -0.2) is 17.2 Å². The van der Waals surface area contributed by atoms with Crippen molar-refractivity contribution in [3.8, 4) is 0 Å². The van der Waals surface area contributed by atoms with Crippen LogP contribution in [0.4, 0.5) is 8.78 Å². The lowest BCUT2D eigenvalue weighted by Crippen LogP contribution is -2.30. The molecule has 3 nitrogen and oxygen atoms in total. The highest BCUT2D eigenvalue weighted by atomic mass is 32.2. The molecule has 0 spiro atoms. The number of rotatable bonds is 6. The average Bonchev–Trinajstić information content (AvgIpc) is 2.29. The maximum atomic E-state index is 14.0. The molecule has 0 aromatic heterocycles. The molecule has 0 amide bonds. The molecular formula is C13H19F2NO2S. The summed E-state index contributed by atoms with van der Waals surface area (Å²) in [6, 6.07) is 1.64. The molecule has 0 fully saturated rings. The van der Waals surface area contributed by atoms with Gasteiger partial charge in [0.05, 0.1) is 11.8 Å². The molecule has 0 aliphatic heterocycles. The normalized spacial score (nSPS) is 13.5. The number of halogens is 2. The van der Waals surface area contributed by atoms with Crippen molar-refractivity contribution in [2.45, 2.75) is 26.3 Å². The fourth-order valence-corrected chi connectivity index (χ4v) is 2.75. The lowest BCUT2D eigenvalue weighted by molar-refractivity contribution is 0.482. The Morgan fingerprint density at radius 1 is 1.32 bits per heavy atom. The number of nitrogens with one attached hydrogen (secondary N) is 1. The van der Waals surface area contributed by atoms with E-state index in [9.17, 15) is 17.2 Å². The van der Waals surface area contributed by atoms with Crippen molar-refractivity contribution in [1.82, 2.24) is 5.32 Å². The van der Waals surface area contributed by atoms with Crippen molar-refractivity contribution < 1.29 is 17.2 Å². The minimum atomic E-state index is -3.34. The van der Waals surface area contributed by atoms with Crippen molar-refractivity contribution in [3.05, 3.63) is 34.9 Å². The van der Waals surface area contributed by atoms with E-state index >= 15 is 0 Å². The highest BCUT2D eigenvalue weighted by molar-refractivity contribution is 7.90. The quantitative estimate of drug-likeness (QED) is 0.875. The number of hydrogen-bond acceptors (Lipinski definition) is 3. The third-order valence-corrected chi connectivity index (χ3v) is 3.72. The van der Waals surface area contributed by atoms with Gasteiger partial charge < -0.3 is 5.32 Å². The van der Waals surface area contributed by atoms with Crippen LogP contribution < -0.4 is 5.32 Å². The zero-order chi connectivity index (χ0) is 14.6. The summed E-state index contributed by atoms with van der Waals surface area (Å²) in [5.41, 5.74) is 0.104. The topological polar surface area (TPSA) is 46.2 Å². The van der Waals surface area contributed by atoms with Crippen LogP contribution in [0.25, 0.3) is 0 Å². The van der Waals surface area contributed by atoms with Crippen LogP contribution in [-0.4, -0.2) is 27.0 Å². The minimum absolute atomic E-state index is 0.195. The van der Waals surface area contributed by atoms with Crippen molar-refractivity contribution in [2.75, 3.05) is 18.6 Å². The summed E-state index contributed by atoms with van der Waals surface area (Å²) < 4.78 is 50.6. The number of aryl methyl sites for hydroxylation is 1. The van der Waals surface area contributed by atoms with E-state index in [0.717, 1.165) is 18.7 Å². The molecule has 1 rings (SSSR count). The smallest absolute Gasteiger partial charge is 0.149 e. The SMILES string of the molecule is CCCNC(CS(C)(=O)=O)c1c(F)ccc(C)c1F. The van der Waals surface area contributed by atoms with E-state index in [4.69, 9.17) is 0 Å². The first-order valence-corrected chi connectivity index (χ1v) is 8.18. The summed E-state index contributed by atoms with van der Waals surface area (Å²) in [7, 11) is -3.34. The molecule has 1 unspecified atom stereocenters. The van der Waals surface area contributed by atoms with Crippen molar-refractivity contribution in [3.63, 3.8) is 0 Å². The monoisotopic (exact) mass is 291 g/mol. The van der Waals surface area contributed by atoms with Gasteiger partial charge in [-0.05, 0) is 31.5 Å². The summed E-state index contributed by atoms with van der Waals surface area (Å²) in [5.74, 6) is -1.73. The van der Waals surface area contributed by atoms with Gasteiger partial charge in [-0.3, -0.25) is 0 Å². The Morgan fingerprint density at radius 2 is 1.95 bits per heavy atom. The molecule has 0 saturated carbocycles. The second-order valence-electron chi connectivity index (χ2n) is 4.69. The van der Waals surface area contributed by atoms with E-state index in [-0.39, 0.29) is 11.3 Å². The van der Waals surface area contributed by atoms with Crippen LogP contribution in [0, 0.1) is 18.6 Å². The van der Waals surface area contributed by atoms with Crippen LogP contribution in [0.5, 0.6) is 0 Å². The van der Waals surface area contributed by atoms with Crippen molar-refractivity contribution >= 4 is 9.84 Å². The zero-order valence-electron chi connectivity index (χ0n) is 11.3. The summed E-state index contributed by atoms with van der Waals surface area (Å²) in [6.45, 7) is 3.91. The molecular weight excluding hydrogens is 272 g/mol. The van der Waals surface area contributed by atoms with Crippen molar-refractivity contribution in [2.24, 2.45) is 0 Å². The van der Waals surface area contributed by atoms with Gasteiger partial charge in [0.2, 0.25) is 0 Å². The lowest BCUT2D eigenvalue weighted by Gasteiger charge is -2.20. The van der Waals surface area contributed by atoms with Gasteiger partial charge in [-0.1, -0.05) is 13.0 Å². The van der Waals surface area contributed by atoms with Gasteiger partial charge in [0.15, 0.2) is 0 Å². The van der Waals surface area contributed by atoms with Crippen LogP contribution in [-0.2, 0) is 9.84 Å². The fraction of sp³-hybridized carbons (Fsp3) is 0.538. The molecule has 1 N–H and O–H groups in total. The van der Waals surface area contributed by atoms with E-state index in [1.54, 1.807) is 0 Å². The standard InChI is InChI=1S/C13H19F2NO2S/c1-4-7-16-11(8-19(3,17)18)12-10(14)6-5-9(2)13(12)15/h5-6,11,16H,4,7-8H2,1-3H3. The molecule has 1 atom stereocenters. The minimum Gasteiger partial charge on any atom is -0.309 e. The number of sulfone groups is 1. The Morgan fingerprint density at radius 3 is 2.47 bits per heavy atom. The van der Waals surface area contributed by atoms with Gasteiger partial charge in [-0.2, -0.15) is 0 Å². The predicted molar refractivity (Wildman–Crippen MR) is 71.8 cm³/mol. The Kier molecular flexibility index (Phi) is 5.43. The molecule has 108 valence electrons. The second kappa shape index (κ2) is 6.43. The molecule has 0 bridgehead atoms. The summed E-state index contributed by atoms with van der Waals surface area (Å²) in [5, 5.41) is 2.89. The molecule has 19 heavy (non-hydrogen) atoms. The summed E-state index contributed by atoms with van der Waals surface area (Å²) in [4.78, 5) is 0. The Balaban J connectivity index is 3.20. The average molecular weight is 291 g/mol. The zero-order valence-corrected chi connectivity index (χ0v) is 12.2. The maximum Gasteiger partial charge on any atom is 0.149 e. The highest BCUT2D eigenvalue weighted by Gasteiger charge is 2.24. The van der Waals surface area contributed by atoms with Crippen LogP contribution in [0.2, 0.25) is 0 Å². The van der Waals surface area contributed by atoms with Gasteiger partial charge >= 0.3 is 0 Å². The molecule has 0 radical (unpaired) electrons. The predicted octanol–water partition coefficient (Wildman–Crippen LogP) is 2.36. The maximum absolute atomic E-state index is 14.0. The first-order valence-electron chi connectivity index (χ1n) is 6.12. The molecule has 0 saturated heterocycles. The van der Waals surface area contributed by atoms with Crippen molar-refractivity contribution in [1.29, 1.82) is 0 Å². The van der Waals surface area contributed by atoms with Gasteiger partial charge in [-0.15, -0.1) is 0 Å². The van der Waals surface area contributed by atoms with E-state index in [1.165, 1.54) is 13.0 Å². The molecule has 1 aromatic rings. The molecule has 6 heteroatoms. The van der Waals surface area contributed by atoms with Crippen LogP contribution >= 0.6 is 0 Å². The molecule has 1 aromatic carbocycles. The van der Waals surface area contributed by atoms with Crippen LogP contribution in [0.15, 0.2) is 12.1 Å². The number of benzene rings is 1. The fourth-order valence-electron chi connectivity index (χ4n) is 1.86. The third kappa shape index (κ3) is 4.54. The molecule has 0 aliphatic carbocycles. The Bertz CT molecular complexity index is 544. The van der Waals surface area contributed by atoms with E-state index in [0.29, 0.717) is 12.1 Å². The van der Waals surface area contributed by atoms with Crippen LogP contribution in [0.3, 0.4) is 0 Å². The molecule has 0 aliphatic rings. The van der Waals surface area contributed by atoms with E-state index in [1.807, 2.05) is 6.92 Å². The summed E-state index contributed by atoms with van der Waals surface area (Å²) >= 11 is 0. The lowest BCUT2D eigenvalue weighted by atomic mass is 10.0. The molecule has 0 heterocycles. The first kappa shape index (κ1) is 16.0. The third-order valence-electron chi connectivity index (χ3n) is 2.78. The van der Waals surface area contributed by atoms with Gasteiger partial charge in [0.1, 0.15) is 21.5 Å².